The van der Waals surface area contributed by atoms with Gasteiger partial charge in [-0.1, -0.05) is 60.7 Å². The maximum atomic E-state index is 13.3. The molecular weight excluding hydrogens is 337 g/mol. The van der Waals surface area contributed by atoms with E-state index in [1.165, 1.54) is 12.1 Å². The fourth-order valence-corrected chi connectivity index (χ4v) is 4.19. The first-order valence-electron chi connectivity index (χ1n) is 7.86. The third-order valence-corrected chi connectivity index (χ3v) is 5.55. The van der Waals surface area contributed by atoms with E-state index in [2.05, 4.69) is 4.72 Å². The van der Waals surface area contributed by atoms with E-state index in [1.807, 2.05) is 60.7 Å². The van der Waals surface area contributed by atoms with E-state index in [0.717, 1.165) is 17.2 Å². The van der Waals surface area contributed by atoms with Gasteiger partial charge in [-0.05, 0) is 41.8 Å². The summed E-state index contributed by atoms with van der Waals surface area (Å²) < 4.78 is 41.8. The molecule has 0 fully saturated rings. The Morgan fingerprint density at radius 3 is 1.84 bits per heavy atom. The van der Waals surface area contributed by atoms with Crippen LogP contribution in [0.1, 0.15) is 22.7 Å². The molecular formula is C20H18FNO2S. The van der Waals surface area contributed by atoms with Gasteiger partial charge in [-0.25, -0.2) is 12.8 Å². The summed E-state index contributed by atoms with van der Waals surface area (Å²) in [6.45, 7) is 1.58. The Hall–Kier alpha value is -2.50. The topological polar surface area (TPSA) is 46.2 Å². The molecule has 0 amide bonds. The summed E-state index contributed by atoms with van der Waals surface area (Å²) in [5.74, 6) is -0.459. The van der Waals surface area contributed by atoms with E-state index in [-0.39, 0.29) is 4.90 Å². The Bertz CT molecular complexity index is 918. The van der Waals surface area contributed by atoms with Crippen molar-refractivity contribution in [2.24, 2.45) is 0 Å². The van der Waals surface area contributed by atoms with Gasteiger partial charge in [0.25, 0.3) is 0 Å². The molecule has 3 rings (SSSR count). The van der Waals surface area contributed by atoms with Crippen molar-refractivity contribution >= 4 is 10.0 Å². The summed E-state index contributed by atoms with van der Waals surface area (Å²) in [5.41, 5.74) is 2.03. The second-order valence-corrected chi connectivity index (χ2v) is 7.47. The van der Waals surface area contributed by atoms with Crippen LogP contribution in [0.3, 0.4) is 0 Å². The van der Waals surface area contributed by atoms with Crippen molar-refractivity contribution in [3.63, 3.8) is 0 Å². The molecule has 0 aliphatic rings. The number of aryl methyl sites for hydroxylation is 1. The smallest absolute Gasteiger partial charge is 0.207 e. The fourth-order valence-electron chi connectivity index (χ4n) is 2.75. The average molecular weight is 355 g/mol. The van der Waals surface area contributed by atoms with E-state index in [0.29, 0.717) is 5.56 Å². The van der Waals surface area contributed by atoms with Crippen LogP contribution in [0.15, 0.2) is 83.8 Å². The van der Waals surface area contributed by atoms with Crippen LogP contribution in [0.25, 0.3) is 0 Å². The monoisotopic (exact) mass is 355 g/mol. The number of sulfonamides is 1. The zero-order valence-electron chi connectivity index (χ0n) is 13.7. The third-order valence-electron chi connectivity index (χ3n) is 3.97. The first kappa shape index (κ1) is 17.3. The Labute approximate surface area is 147 Å². The maximum Gasteiger partial charge on any atom is 0.241 e. The van der Waals surface area contributed by atoms with Crippen molar-refractivity contribution in [2.75, 3.05) is 0 Å². The lowest BCUT2D eigenvalue weighted by Gasteiger charge is -2.20. The van der Waals surface area contributed by atoms with E-state index < -0.39 is 21.9 Å². The molecule has 3 aromatic carbocycles. The molecule has 3 aromatic rings. The molecule has 0 spiro atoms. The highest BCUT2D eigenvalue weighted by Crippen LogP contribution is 2.25. The predicted molar refractivity (Wildman–Crippen MR) is 96.2 cm³/mol. The molecule has 0 saturated carbocycles. The summed E-state index contributed by atoms with van der Waals surface area (Å²) >= 11 is 0. The van der Waals surface area contributed by atoms with Crippen molar-refractivity contribution < 1.29 is 12.8 Å². The van der Waals surface area contributed by atoms with Gasteiger partial charge in [-0.2, -0.15) is 4.72 Å². The molecule has 0 bridgehead atoms. The minimum atomic E-state index is -3.82. The lowest BCUT2D eigenvalue weighted by atomic mass is 10.00. The Balaban J connectivity index is 2.03. The van der Waals surface area contributed by atoms with Gasteiger partial charge in [0.1, 0.15) is 5.82 Å². The molecule has 0 unspecified atom stereocenters. The minimum absolute atomic E-state index is 0.0748. The van der Waals surface area contributed by atoms with Gasteiger partial charge < -0.3 is 0 Å². The van der Waals surface area contributed by atoms with Crippen molar-refractivity contribution in [3.8, 4) is 0 Å². The molecule has 25 heavy (non-hydrogen) atoms. The van der Waals surface area contributed by atoms with Gasteiger partial charge in [0.05, 0.1) is 10.9 Å². The molecule has 0 aliphatic carbocycles. The van der Waals surface area contributed by atoms with E-state index in [4.69, 9.17) is 0 Å². The van der Waals surface area contributed by atoms with Crippen LogP contribution in [-0.2, 0) is 10.0 Å². The summed E-state index contributed by atoms with van der Waals surface area (Å²) in [7, 11) is -3.82. The number of halogens is 1. The van der Waals surface area contributed by atoms with Gasteiger partial charge >= 0.3 is 0 Å². The number of hydrogen-bond donors (Lipinski definition) is 1. The SMILES string of the molecule is Cc1cc(F)ccc1S(=O)(=O)NC(c1ccccc1)c1ccccc1. The van der Waals surface area contributed by atoms with Crippen molar-refractivity contribution in [1.29, 1.82) is 0 Å². The molecule has 128 valence electrons. The molecule has 0 aliphatic heterocycles. The van der Waals surface area contributed by atoms with Gasteiger partial charge in [-0.3, -0.25) is 0 Å². The highest BCUT2D eigenvalue weighted by Gasteiger charge is 2.24. The average Bonchev–Trinajstić information content (AvgIpc) is 2.61. The molecule has 0 saturated heterocycles. The summed E-state index contributed by atoms with van der Waals surface area (Å²) in [4.78, 5) is 0.0748. The van der Waals surface area contributed by atoms with E-state index >= 15 is 0 Å². The lowest BCUT2D eigenvalue weighted by Crippen LogP contribution is -2.30. The zero-order chi connectivity index (χ0) is 17.9. The normalized spacial score (nSPS) is 11.6. The Morgan fingerprint density at radius 1 is 0.840 bits per heavy atom. The zero-order valence-corrected chi connectivity index (χ0v) is 14.5. The van der Waals surface area contributed by atoms with Gasteiger partial charge in [0.15, 0.2) is 0 Å². The Morgan fingerprint density at radius 2 is 1.36 bits per heavy atom. The molecule has 0 heterocycles. The van der Waals surface area contributed by atoms with Crippen LogP contribution in [-0.4, -0.2) is 8.42 Å². The van der Waals surface area contributed by atoms with Crippen LogP contribution in [0.4, 0.5) is 4.39 Å². The fraction of sp³-hybridized carbons (Fsp3) is 0.100. The molecule has 0 aromatic heterocycles. The number of rotatable bonds is 5. The number of benzene rings is 3. The first-order valence-corrected chi connectivity index (χ1v) is 9.34. The predicted octanol–water partition coefficient (Wildman–Crippen LogP) is 4.20. The number of hydrogen-bond acceptors (Lipinski definition) is 2. The van der Waals surface area contributed by atoms with Crippen molar-refractivity contribution in [1.82, 2.24) is 4.72 Å². The summed E-state index contributed by atoms with van der Waals surface area (Å²) in [6.07, 6.45) is 0. The Kier molecular flexibility index (Phi) is 4.97. The van der Waals surface area contributed by atoms with E-state index in [9.17, 15) is 12.8 Å². The quantitative estimate of drug-likeness (QED) is 0.745. The maximum absolute atomic E-state index is 13.3. The molecule has 0 atom stereocenters. The lowest BCUT2D eigenvalue weighted by molar-refractivity contribution is 0.570. The third kappa shape index (κ3) is 3.95. The van der Waals surface area contributed by atoms with Gasteiger partial charge in [-0.15, -0.1) is 0 Å². The highest BCUT2D eigenvalue weighted by atomic mass is 32.2. The number of nitrogens with one attached hydrogen (secondary N) is 1. The van der Waals surface area contributed by atoms with Crippen LogP contribution in [0.5, 0.6) is 0 Å². The van der Waals surface area contributed by atoms with Gasteiger partial charge in [0.2, 0.25) is 10.0 Å². The summed E-state index contributed by atoms with van der Waals surface area (Å²) in [6, 6.07) is 21.8. The molecule has 5 heteroatoms. The molecule has 0 radical (unpaired) electrons. The second-order valence-electron chi connectivity index (χ2n) is 5.79. The van der Waals surface area contributed by atoms with E-state index in [1.54, 1.807) is 6.92 Å². The van der Waals surface area contributed by atoms with Gasteiger partial charge in [0, 0.05) is 0 Å². The van der Waals surface area contributed by atoms with Crippen molar-refractivity contribution in [2.45, 2.75) is 17.9 Å². The van der Waals surface area contributed by atoms with Crippen LogP contribution >= 0.6 is 0 Å². The van der Waals surface area contributed by atoms with Crippen LogP contribution in [0.2, 0.25) is 0 Å². The largest absolute Gasteiger partial charge is 0.241 e. The minimum Gasteiger partial charge on any atom is -0.207 e. The molecule has 3 nitrogen and oxygen atoms in total. The van der Waals surface area contributed by atoms with Crippen LogP contribution in [0, 0.1) is 12.7 Å². The second kappa shape index (κ2) is 7.17. The molecule has 1 N–H and O–H groups in total. The first-order chi connectivity index (χ1) is 12.0. The standard InChI is InChI=1S/C20H18FNO2S/c1-15-14-18(21)12-13-19(15)25(23,24)22-20(16-8-4-2-5-9-16)17-10-6-3-7-11-17/h2-14,20,22H,1H3. The summed E-state index contributed by atoms with van der Waals surface area (Å²) in [5, 5.41) is 0. The highest BCUT2D eigenvalue weighted by molar-refractivity contribution is 7.89. The van der Waals surface area contributed by atoms with Crippen LogP contribution < -0.4 is 4.72 Å². The van der Waals surface area contributed by atoms with Crippen molar-refractivity contribution in [3.05, 3.63) is 101 Å².